The number of hydrogen-bond donors (Lipinski definition) is 2. The second kappa shape index (κ2) is 7.40. The average molecular weight is 300 g/mol. The van der Waals surface area contributed by atoms with Crippen LogP contribution in [0.25, 0.3) is 0 Å². The lowest BCUT2D eigenvalue weighted by atomic mass is 10.1. The van der Waals surface area contributed by atoms with Crippen molar-refractivity contribution in [2.24, 2.45) is 7.05 Å². The number of carbonyl (C=O) groups is 2. The molecule has 6 nitrogen and oxygen atoms in total. The second-order valence-corrected chi connectivity index (χ2v) is 4.93. The monoisotopic (exact) mass is 300 g/mol. The van der Waals surface area contributed by atoms with Gasteiger partial charge in [-0.1, -0.05) is 30.3 Å². The fourth-order valence-electron chi connectivity index (χ4n) is 2.05. The van der Waals surface area contributed by atoms with Crippen LogP contribution in [0.4, 0.5) is 5.82 Å². The molecule has 0 radical (unpaired) electrons. The van der Waals surface area contributed by atoms with Crippen molar-refractivity contribution in [3.05, 3.63) is 47.7 Å². The Bertz CT molecular complexity index is 649. The van der Waals surface area contributed by atoms with E-state index in [1.807, 2.05) is 37.3 Å². The van der Waals surface area contributed by atoms with Crippen molar-refractivity contribution in [2.75, 3.05) is 11.9 Å². The van der Waals surface area contributed by atoms with E-state index >= 15 is 0 Å². The maximum Gasteiger partial charge on any atom is 0.271 e. The van der Waals surface area contributed by atoms with Crippen molar-refractivity contribution in [1.29, 1.82) is 0 Å². The van der Waals surface area contributed by atoms with E-state index in [0.29, 0.717) is 30.9 Å². The van der Waals surface area contributed by atoms with E-state index in [1.165, 1.54) is 4.68 Å². The van der Waals surface area contributed by atoms with Crippen molar-refractivity contribution in [3.63, 3.8) is 0 Å². The summed E-state index contributed by atoms with van der Waals surface area (Å²) in [6.07, 6.45) is 1.05. The first-order chi connectivity index (χ1) is 10.6. The summed E-state index contributed by atoms with van der Waals surface area (Å²) in [5.74, 6) is 0.163. The van der Waals surface area contributed by atoms with Gasteiger partial charge in [0.2, 0.25) is 5.91 Å². The normalized spacial score (nSPS) is 10.3. The molecule has 0 saturated carbocycles. The molecule has 0 unspecified atom stereocenters. The lowest BCUT2D eigenvalue weighted by Crippen LogP contribution is -2.23. The molecule has 0 aliphatic rings. The van der Waals surface area contributed by atoms with Crippen LogP contribution in [0, 0.1) is 0 Å². The lowest BCUT2D eigenvalue weighted by Gasteiger charge is -2.05. The van der Waals surface area contributed by atoms with Crippen LogP contribution in [0.3, 0.4) is 0 Å². The Kier molecular flexibility index (Phi) is 5.30. The first-order valence-corrected chi connectivity index (χ1v) is 7.26. The van der Waals surface area contributed by atoms with Gasteiger partial charge < -0.3 is 10.6 Å². The molecule has 0 fully saturated rings. The van der Waals surface area contributed by atoms with E-state index in [2.05, 4.69) is 15.7 Å². The Morgan fingerprint density at radius 3 is 2.64 bits per heavy atom. The van der Waals surface area contributed by atoms with Crippen molar-refractivity contribution < 1.29 is 9.59 Å². The summed E-state index contributed by atoms with van der Waals surface area (Å²) in [6.45, 7) is 2.38. The number of amides is 2. The van der Waals surface area contributed by atoms with Crippen LogP contribution < -0.4 is 10.6 Å². The number of rotatable bonds is 6. The van der Waals surface area contributed by atoms with E-state index in [4.69, 9.17) is 0 Å². The molecule has 6 heteroatoms. The zero-order valence-electron chi connectivity index (χ0n) is 12.8. The zero-order chi connectivity index (χ0) is 15.9. The third kappa shape index (κ3) is 4.18. The number of aryl methyl sites for hydroxylation is 2. The van der Waals surface area contributed by atoms with E-state index < -0.39 is 0 Å². The summed E-state index contributed by atoms with van der Waals surface area (Å²) in [5.41, 5.74) is 1.41. The van der Waals surface area contributed by atoms with Crippen molar-refractivity contribution in [2.45, 2.75) is 19.8 Å². The molecule has 0 atom stereocenters. The van der Waals surface area contributed by atoms with Gasteiger partial charge in [0.05, 0.1) is 0 Å². The van der Waals surface area contributed by atoms with Gasteiger partial charge >= 0.3 is 0 Å². The van der Waals surface area contributed by atoms with Gasteiger partial charge in [-0.15, -0.1) is 0 Å². The highest BCUT2D eigenvalue weighted by Crippen LogP contribution is 2.10. The van der Waals surface area contributed by atoms with Crippen LogP contribution in [0.5, 0.6) is 0 Å². The standard InChI is InChI=1S/C16H20N4O2/c1-3-17-16(22)13-11-14(20(2)19-13)18-15(21)10-9-12-7-5-4-6-8-12/h4-8,11H,3,9-10H2,1-2H3,(H,17,22)(H,18,21). The molecule has 22 heavy (non-hydrogen) atoms. The molecule has 0 aliphatic carbocycles. The predicted octanol–water partition coefficient (Wildman–Crippen LogP) is 1.74. The number of nitrogens with zero attached hydrogens (tertiary/aromatic N) is 2. The van der Waals surface area contributed by atoms with E-state index in [-0.39, 0.29) is 11.8 Å². The Morgan fingerprint density at radius 2 is 1.95 bits per heavy atom. The van der Waals surface area contributed by atoms with Crippen molar-refractivity contribution in [1.82, 2.24) is 15.1 Å². The molecule has 1 aromatic heterocycles. The van der Waals surface area contributed by atoms with Gasteiger partial charge in [-0.3, -0.25) is 14.3 Å². The third-order valence-corrected chi connectivity index (χ3v) is 3.20. The number of hydrogen-bond acceptors (Lipinski definition) is 3. The molecule has 2 rings (SSSR count). The number of anilines is 1. The van der Waals surface area contributed by atoms with Crippen LogP contribution in [0.2, 0.25) is 0 Å². The van der Waals surface area contributed by atoms with Gasteiger partial charge in [-0.05, 0) is 18.9 Å². The number of aromatic nitrogens is 2. The zero-order valence-corrected chi connectivity index (χ0v) is 12.8. The molecule has 0 aliphatic heterocycles. The summed E-state index contributed by atoms with van der Waals surface area (Å²) in [6, 6.07) is 11.4. The van der Waals surface area contributed by atoms with Crippen LogP contribution in [0.1, 0.15) is 29.4 Å². The molecule has 2 amide bonds. The van der Waals surface area contributed by atoms with Crippen LogP contribution in [-0.2, 0) is 18.3 Å². The smallest absolute Gasteiger partial charge is 0.271 e. The molecule has 1 aromatic carbocycles. The molecular weight excluding hydrogens is 280 g/mol. The Hall–Kier alpha value is -2.63. The van der Waals surface area contributed by atoms with E-state index in [9.17, 15) is 9.59 Å². The third-order valence-electron chi connectivity index (χ3n) is 3.20. The first kappa shape index (κ1) is 15.8. The molecule has 2 N–H and O–H groups in total. The highest BCUT2D eigenvalue weighted by atomic mass is 16.2. The summed E-state index contributed by atoms with van der Waals surface area (Å²) < 4.78 is 1.49. The summed E-state index contributed by atoms with van der Waals surface area (Å²) in [7, 11) is 1.69. The molecule has 1 heterocycles. The van der Waals surface area contributed by atoms with Crippen LogP contribution in [-0.4, -0.2) is 28.1 Å². The Morgan fingerprint density at radius 1 is 1.23 bits per heavy atom. The fraction of sp³-hybridized carbons (Fsp3) is 0.312. The van der Waals surface area contributed by atoms with Gasteiger partial charge in [-0.2, -0.15) is 5.10 Å². The van der Waals surface area contributed by atoms with E-state index in [0.717, 1.165) is 5.56 Å². The number of nitrogens with one attached hydrogen (secondary N) is 2. The molecule has 0 spiro atoms. The van der Waals surface area contributed by atoms with Gasteiger partial charge in [0, 0.05) is 26.1 Å². The lowest BCUT2D eigenvalue weighted by molar-refractivity contribution is -0.116. The summed E-state index contributed by atoms with van der Waals surface area (Å²) >= 11 is 0. The molecule has 116 valence electrons. The van der Waals surface area contributed by atoms with E-state index in [1.54, 1.807) is 13.1 Å². The Balaban J connectivity index is 1.92. The fourth-order valence-corrected chi connectivity index (χ4v) is 2.05. The minimum Gasteiger partial charge on any atom is -0.351 e. The topological polar surface area (TPSA) is 76.0 Å². The minimum atomic E-state index is -0.247. The quantitative estimate of drug-likeness (QED) is 0.853. The SMILES string of the molecule is CCNC(=O)c1cc(NC(=O)CCc2ccccc2)n(C)n1. The van der Waals surface area contributed by atoms with Crippen molar-refractivity contribution in [3.8, 4) is 0 Å². The van der Waals surface area contributed by atoms with Gasteiger partial charge in [0.1, 0.15) is 5.82 Å². The van der Waals surface area contributed by atoms with Crippen molar-refractivity contribution >= 4 is 17.6 Å². The molecular formula is C16H20N4O2. The number of benzene rings is 1. The van der Waals surface area contributed by atoms with Crippen LogP contribution >= 0.6 is 0 Å². The number of carbonyl (C=O) groups excluding carboxylic acids is 2. The second-order valence-electron chi connectivity index (χ2n) is 4.93. The summed E-state index contributed by atoms with van der Waals surface area (Å²) in [4.78, 5) is 23.7. The molecule has 0 bridgehead atoms. The van der Waals surface area contributed by atoms with Crippen LogP contribution in [0.15, 0.2) is 36.4 Å². The maximum atomic E-state index is 12.0. The first-order valence-electron chi connectivity index (χ1n) is 7.26. The highest BCUT2D eigenvalue weighted by Gasteiger charge is 2.13. The Labute approximate surface area is 129 Å². The largest absolute Gasteiger partial charge is 0.351 e. The predicted molar refractivity (Wildman–Crippen MR) is 84.6 cm³/mol. The molecule has 0 saturated heterocycles. The maximum absolute atomic E-state index is 12.0. The van der Waals surface area contributed by atoms with Gasteiger partial charge in [-0.25, -0.2) is 0 Å². The van der Waals surface area contributed by atoms with Gasteiger partial charge in [0.25, 0.3) is 5.91 Å². The minimum absolute atomic E-state index is 0.102. The van der Waals surface area contributed by atoms with Gasteiger partial charge in [0.15, 0.2) is 5.69 Å². The summed E-state index contributed by atoms with van der Waals surface area (Å²) in [5, 5.41) is 9.54. The highest BCUT2D eigenvalue weighted by molar-refractivity contribution is 5.95. The molecule has 2 aromatic rings. The average Bonchev–Trinajstić information content (AvgIpc) is 2.88.